The minimum atomic E-state index is -0.175. The van der Waals surface area contributed by atoms with Crippen LogP contribution in [0.15, 0.2) is 30.3 Å². The van der Waals surface area contributed by atoms with Crippen molar-refractivity contribution in [2.24, 2.45) is 5.92 Å². The Morgan fingerprint density at radius 3 is 2.72 bits per heavy atom. The normalized spacial score (nSPS) is 10.6. The number of rotatable bonds is 8. The van der Waals surface area contributed by atoms with E-state index in [0.717, 1.165) is 17.7 Å². The fourth-order valence-electron chi connectivity index (χ4n) is 2.37. The van der Waals surface area contributed by atoms with Crippen LogP contribution in [-0.2, 0) is 6.54 Å². The first-order chi connectivity index (χ1) is 12.0. The van der Waals surface area contributed by atoms with Crippen molar-refractivity contribution >= 4 is 11.7 Å². The number of hydrogen-bond donors (Lipinski definition) is 2. The van der Waals surface area contributed by atoms with Crippen LogP contribution in [0.4, 0.5) is 5.82 Å². The number of nitrogens with one attached hydrogen (secondary N) is 2. The van der Waals surface area contributed by atoms with E-state index in [1.165, 1.54) is 0 Å². The number of aryl methyl sites for hydroxylation is 1. The van der Waals surface area contributed by atoms with Crippen LogP contribution in [0, 0.1) is 12.8 Å². The van der Waals surface area contributed by atoms with Crippen molar-refractivity contribution in [3.8, 4) is 5.75 Å². The molecule has 0 unspecified atom stereocenters. The van der Waals surface area contributed by atoms with Gasteiger partial charge >= 0.3 is 0 Å². The Balaban J connectivity index is 2.04. The third kappa shape index (κ3) is 5.74. The number of ether oxygens (including phenoxy) is 1. The number of hydrogen-bond acceptors (Lipinski definition) is 5. The summed E-state index contributed by atoms with van der Waals surface area (Å²) in [4.78, 5) is 20.8. The second-order valence-corrected chi connectivity index (χ2v) is 6.29. The highest BCUT2D eigenvalue weighted by Crippen LogP contribution is 2.18. The maximum Gasteiger partial charge on any atom is 0.270 e. The zero-order valence-corrected chi connectivity index (χ0v) is 15.3. The summed E-state index contributed by atoms with van der Waals surface area (Å²) >= 11 is 0. The summed E-state index contributed by atoms with van der Waals surface area (Å²) < 4.78 is 5.35. The van der Waals surface area contributed by atoms with Gasteiger partial charge in [0.1, 0.15) is 23.1 Å². The molecule has 6 nitrogen and oxygen atoms in total. The fraction of sp³-hybridized carbons (Fsp3) is 0.421. The molecule has 0 saturated carbocycles. The van der Waals surface area contributed by atoms with E-state index in [-0.39, 0.29) is 5.91 Å². The number of carbonyl (C=O) groups is 1. The molecule has 25 heavy (non-hydrogen) atoms. The van der Waals surface area contributed by atoms with E-state index in [1.54, 1.807) is 20.1 Å². The summed E-state index contributed by atoms with van der Waals surface area (Å²) in [5.41, 5.74) is 1.39. The number of carbonyl (C=O) groups excluding carboxylic acids is 1. The van der Waals surface area contributed by atoms with E-state index < -0.39 is 0 Å². The number of anilines is 1. The smallest absolute Gasteiger partial charge is 0.270 e. The molecule has 0 aliphatic heterocycles. The highest BCUT2D eigenvalue weighted by Gasteiger charge is 2.11. The highest BCUT2D eigenvalue weighted by molar-refractivity contribution is 5.92. The fourth-order valence-corrected chi connectivity index (χ4v) is 2.37. The molecule has 2 aromatic rings. The van der Waals surface area contributed by atoms with Crippen LogP contribution in [0.25, 0.3) is 0 Å². The summed E-state index contributed by atoms with van der Waals surface area (Å²) in [6.07, 6.45) is 0.939. The Kier molecular flexibility index (Phi) is 6.74. The number of methoxy groups -OCH3 is 1. The minimum Gasteiger partial charge on any atom is -0.496 e. The first-order valence-corrected chi connectivity index (χ1v) is 8.49. The van der Waals surface area contributed by atoms with E-state index in [4.69, 9.17) is 4.74 Å². The second kappa shape index (κ2) is 9.01. The van der Waals surface area contributed by atoms with Crippen molar-refractivity contribution in [3.05, 3.63) is 47.4 Å². The zero-order valence-electron chi connectivity index (χ0n) is 15.3. The third-order valence-corrected chi connectivity index (χ3v) is 3.73. The van der Waals surface area contributed by atoms with Gasteiger partial charge in [-0.1, -0.05) is 32.0 Å². The summed E-state index contributed by atoms with van der Waals surface area (Å²) in [5.74, 6) is 2.36. The third-order valence-electron chi connectivity index (χ3n) is 3.73. The zero-order chi connectivity index (χ0) is 18.2. The van der Waals surface area contributed by atoms with Crippen molar-refractivity contribution in [1.29, 1.82) is 0 Å². The molecular formula is C19H26N4O2. The van der Waals surface area contributed by atoms with E-state index in [0.29, 0.717) is 36.3 Å². The van der Waals surface area contributed by atoms with E-state index in [2.05, 4.69) is 34.4 Å². The molecular weight excluding hydrogens is 316 g/mol. The van der Waals surface area contributed by atoms with Gasteiger partial charge in [0.05, 0.1) is 7.11 Å². The molecule has 0 aliphatic carbocycles. The Bertz CT molecular complexity index is 716. The lowest BCUT2D eigenvalue weighted by Gasteiger charge is -2.11. The molecule has 1 aromatic heterocycles. The van der Waals surface area contributed by atoms with Gasteiger partial charge in [0, 0.05) is 24.7 Å². The SMILES string of the molecule is COc1ccccc1CNc1cc(C(=O)NCCC(C)C)nc(C)n1. The van der Waals surface area contributed by atoms with Crippen LogP contribution in [-0.4, -0.2) is 29.5 Å². The van der Waals surface area contributed by atoms with Gasteiger partial charge in [0.25, 0.3) is 5.91 Å². The molecule has 1 heterocycles. The number of nitrogens with zero attached hydrogens (tertiary/aromatic N) is 2. The second-order valence-electron chi connectivity index (χ2n) is 6.29. The molecule has 0 saturated heterocycles. The Morgan fingerprint density at radius 2 is 2.00 bits per heavy atom. The van der Waals surface area contributed by atoms with E-state index in [9.17, 15) is 4.79 Å². The summed E-state index contributed by atoms with van der Waals surface area (Å²) in [5, 5.41) is 6.13. The number of aromatic nitrogens is 2. The average Bonchev–Trinajstić information content (AvgIpc) is 2.59. The van der Waals surface area contributed by atoms with Crippen molar-refractivity contribution in [2.75, 3.05) is 19.0 Å². The first-order valence-electron chi connectivity index (χ1n) is 8.49. The molecule has 1 aromatic carbocycles. The molecule has 0 spiro atoms. The van der Waals surface area contributed by atoms with E-state index in [1.807, 2.05) is 24.3 Å². The molecule has 0 radical (unpaired) electrons. The lowest BCUT2D eigenvalue weighted by Crippen LogP contribution is -2.26. The summed E-state index contributed by atoms with van der Waals surface area (Å²) in [6.45, 7) is 7.22. The van der Waals surface area contributed by atoms with Crippen molar-refractivity contribution in [1.82, 2.24) is 15.3 Å². The molecule has 2 N–H and O–H groups in total. The lowest BCUT2D eigenvalue weighted by atomic mass is 10.1. The molecule has 134 valence electrons. The summed E-state index contributed by atoms with van der Waals surface area (Å²) in [7, 11) is 1.65. The lowest BCUT2D eigenvalue weighted by molar-refractivity contribution is 0.0946. The van der Waals surface area contributed by atoms with Gasteiger partial charge in [0.15, 0.2) is 0 Å². The maximum atomic E-state index is 12.3. The van der Waals surface area contributed by atoms with Crippen LogP contribution in [0.2, 0.25) is 0 Å². The number of para-hydroxylation sites is 1. The van der Waals surface area contributed by atoms with Gasteiger partial charge in [-0.15, -0.1) is 0 Å². The van der Waals surface area contributed by atoms with Gasteiger partial charge in [-0.3, -0.25) is 4.79 Å². The Labute approximate surface area is 149 Å². The van der Waals surface area contributed by atoms with Crippen LogP contribution in [0.1, 0.15) is 42.1 Å². The quantitative estimate of drug-likeness (QED) is 0.770. The standard InChI is InChI=1S/C19H26N4O2/c1-13(2)9-10-20-19(24)16-11-18(23-14(3)22-16)21-12-15-7-5-6-8-17(15)25-4/h5-8,11,13H,9-10,12H2,1-4H3,(H,20,24)(H,21,22,23). The van der Waals surface area contributed by atoms with Crippen molar-refractivity contribution in [3.63, 3.8) is 0 Å². The topological polar surface area (TPSA) is 76.1 Å². The molecule has 0 aliphatic rings. The summed E-state index contributed by atoms with van der Waals surface area (Å²) in [6, 6.07) is 9.46. The van der Waals surface area contributed by atoms with Gasteiger partial charge in [-0.2, -0.15) is 0 Å². The van der Waals surface area contributed by atoms with E-state index >= 15 is 0 Å². The largest absolute Gasteiger partial charge is 0.496 e. The molecule has 1 amide bonds. The highest BCUT2D eigenvalue weighted by atomic mass is 16.5. The predicted octanol–water partition coefficient (Wildman–Crippen LogP) is 3.18. The van der Waals surface area contributed by atoms with Gasteiger partial charge in [-0.25, -0.2) is 9.97 Å². The Hall–Kier alpha value is -2.63. The molecule has 0 fully saturated rings. The number of benzene rings is 1. The predicted molar refractivity (Wildman–Crippen MR) is 98.9 cm³/mol. The maximum absolute atomic E-state index is 12.3. The minimum absolute atomic E-state index is 0.175. The van der Waals surface area contributed by atoms with Gasteiger partial charge in [-0.05, 0) is 25.3 Å². The van der Waals surface area contributed by atoms with Crippen LogP contribution in [0.5, 0.6) is 5.75 Å². The van der Waals surface area contributed by atoms with Crippen LogP contribution >= 0.6 is 0 Å². The van der Waals surface area contributed by atoms with Gasteiger partial charge in [0.2, 0.25) is 0 Å². The van der Waals surface area contributed by atoms with Crippen LogP contribution in [0.3, 0.4) is 0 Å². The molecule has 6 heteroatoms. The van der Waals surface area contributed by atoms with Gasteiger partial charge < -0.3 is 15.4 Å². The van der Waals surface area contributed by atoms with Crippen molar-refractivity contribution in [2.45, 2.75) is 33.7 Å². The number of amides is 1. The Morgan fingerprint density at radius 1 is 1.24 bits per heavy atom. The molecule has 2 rings (SSSR count). The monoisotopic (exact) mass is 342 g/mol. The average molecular weight is 342 g/mol. The van der Waals surface area contributed by atoms with Crippen LogP contribution < -0.4 is 15.4 Å². The first kappa shape index (κ1) is 18.7. The molecule has 0 atom stereocenters. The van der Waals surface area contributed by atoms with Crippen molar-refractivity contribution < 1.29 is 9.53 Å². The molecule has 0 bridgehead atoms.